The molecule has 22 heavy (non-hydrogen) atoms. The van der Waals surface area contributed by atoms with Gasteiger partial charge in [-0.3, -0.25) is 0 Å². The fraction of sp³-hybridized carbons (Fsp3) is 0.188. The molecule has 0 fully saturated rings. The average molecular weight is 358 g/mol. The van der Waals surface area contributed by atoms with E-state index in [1.807, 2.05) is 42.5 Å². The summed E-state index contributed by atoms with van der Waals surface area (Å²) in [7, 11) is 0. The largest absolute Gasteiger partial charge is 0.346 e. The second-order valence-electron chi connectivity index (χ2n) is 4.91. The first-order valence-electron chi connectivity index (χ1n) is 7.13. The SMILES string of the molecule is CC[C@H](Nc1nnnn1-c1ccccc1)c1ccc(Br)cc1. The highest BCUT2D eigenvalue weighted by Crippen LogP contribution is 2.23. The van der Waals surface area contributed by atoms with Gasteiger partial charge in [0.2, 0.25) is 5.95 Å². The normalized spacial score (nSPS) is 12.1. The molecule has 0 unspecified atom stereocenters. The van der Waals surface area contributed by atoms with Crippen molar-refractivity contribution in [1.29, 1.82) is 0 Å². The van der Waals surface area contributed by atoms with Crippen molar-refractivity contribution in [3.63, 3.8) is 0 Å². The number of anilines is 1. The fourth-order valence-corrected chi connectivity index (χ4v) is 2.56. The summed E-state index contributed by atoms with van der Waals surface area (Å²) in [5.74, 6) is 0.640. The van der Waals surface area contributed by atoms with Crippen molar-refractivity contribution >= 4 is 21.9 Å². The van der Waals surface area contributed by atoms with E-state index in [-0.39, 0.29) is 6.04 Å². The lowest BCUT2D eigenvalue weighted by molar-refractivity contribution is 0.725. The average Bonchev–Trinajstić information content (AvgIpc) is 3.02. The minimum absolute atomic E-state index is 0.154. The van der Waals surface area contributed by atoms with Gasteiger partial charge in [-0.15, -0.1) is 0 Å². The molecule has 112 valence electrons. The molecule has 0 aliphatic rings. The molecule has 3 aromatic rings. The first-order chi connectivity index (χ1) is 10.8. The van der Waals surface area contributed by atoms with Gasteiger partial charge >= 0.3 is 0 Å². The molecular weight excluding hydrogens is 342 g/mol. The van der Waals surface area contributed by atoms with E-state index < -0.39 is 0 Å². The molecule has 0 bridgehead atoms. The number of hydrogen-bond acceptors (Lipinski definition) is 4. The molecule has 5 nitrogen and oxygen atoms in total. The van der Waals surface area contributed by atoms with Crippen LogP contribution in [0.2, 0.25) is 0 Å². The monoisotopic (exact) mass is 357 g/mol. The number of aromatic nitrogens is 4. The summed E-state index contributed by atoms with van der Waals surface area (Å²) >= 11 is 3.46. The summed E-state index contributed by atoms with van der Waals surface area (Å²) in [4.78, 5) is 0. The van der Waals surface area contributed by atoms with Crippen LogP contribution in [0.1, 0.15) is 24.9 Å². The van der Waals surface area contributed by atoms with Crippen molar-refractivity contribution in [2.75, 3.05) is 5.32 Å². The Kier molecular flexibility index (Phi) is 4.48. The van der Waals surface area contributed by atoms with Crippen LogP contribution in [0.5, 0.6) is 0 Å². The molecule has 0 radical (unpaired) electrons. The standard InChI is InChI=1S/C16H16BrN5/c1-2-15(12-8-10-13(17)11-9-12)18-16-19-20-21-22(16)14-6-4-3-5-7-14/h3-11,15H,2H2,1H3,(H,18,19,21)/t15-/m0/s1. The van der Waals surface area contributed by atoms with Gasteiger partial charge in [0.15, 0.2) is 0 Å². The molecule has 0 saturated heterocycles. The third-order valence-electron chi connectivity index (χ3n) is 3.45. The molecule has 1 heterocycles. The lowest BCUT2D eigenvalue weighted by Crippen LogP contribution is -2.14. The van der Waals surface area contributed by atoms with Crippen LogP contribution in [0.3, 0.4) is 0 Å². The molecule has 6 heteroatoms. The Bertz CT molecular complexity index is 724. The molecule has 0 amide bonds. The van der Waals surface area contributed by atoms with Gasteiger partial charge in [-0.05, 0) is 46.7 Å². The first kappa shape index (κ1) is 14.7. The van der Waals surface area contributed by atoms with Crippen LogP contribution in [0.25, 0.3) is 5.69 Å². The van der Waals surface area contributed by atoms with E-state index in [4.69, 9.17) is 0 Å². The van der Waals surface area contributed by atoms with E-state index >= 15 is 0 Å². The molecule has 0 saturated carbocycles. The molecular formula is C16H16BrN5. The maximum Gasteiger partial charge on any atom is 0.248 e. The van der Waals surface area contributed by atoms with Crippen LogP contribution in [0.4, 0.5) is 5.95 Å². The van der Waals surface area contributed by atoms with Crippen molar-refractivity contribution in [2.24, 2.45) is 0 Å². The number of hydrogen-bond donors (Lipinski definition) is 1. The summed E-state index contributed by atoms with van der Waals surface area (Å²) in [5, 5.41) is 15.4. The van der Waals surface area contributed by atoms with Gasteiger partial charge < -0.3 is 5.32 Å². The number of benzene rings is 2. The van der Waals surface area contributed by atoms with E-state index in [1.165, 1.54) is 5.56 Å². The lowest BCUT2D eigenvalue weighted by atomic mass is 10.1. The quantitative estimate of drug-likeness (QED) is 0.749. The van der Waals surface area contributed by atoms with Crippen LogP contribution in [-0.4, -0.2) is 20.2 Å². The molecule has 3 rings (SSSR count). The second kappa shape index (κ2) is 6.70. The van der Waals surface area contributed by atoms with Gasteiger partial charge in [0.05, 0.1) is 11.7 Å². The second-order valence-corrected chi connectivity index (χ2v) is 5.82. The highest BCUT2D eigenvalue weighted by Gasteiger charge is 2.14. The van der Waals surface area contributed by atoms with E-state index in [0.717, 1.165) is 16.6 Å². The Balaban J connectivity index is 1.86. The molecule has 0 spiro atoms. The third-order valence-corrected chi connectivity index (χ3v) is 3.98. The maximum absolute atomic E-state index is 4.10. The summed E-state index contributed by atoms with van der Waals surface area (Å²) in [6.45, 7) is 2.14. The smallest absolute Gasteiger partial charge is 0.248 e. The number of nitrogens with zero attached hydrogens (tertiary/aromatic N) is 4. The van der Waals surface area contributed by atoms with E-state index in [0.29, 0.717) is 5.95 Å². The van der Waals surface area contributed by atoms with Crippen molar-refractivity contribution in [1.82, 2.24) is 20.2 Å². The van der Waals surface area contributed by atoms with Gasteiger partial charge in [-0.1, -0.05) is 58.3 Å². The van der Waals surface area contributed by atoms with Gasteiger partial charge in [0.1, 0.15) is 0 Å². The number of tetrazole rings is 1. The number of nitrogens with one attached hydrogen (secondary N) is 1. The molecule has 0 aliphatic heterocycles. The van der Waals surface area contributed by atoms with Crippen LogP contribution in [0, 0.1) is 0 Å². The van der Waals surface area contributed by atoms with Crippen molar-refractivity contribution < 1.29 is 0 Å². The molecule has 1 N–H and O–H groups in total. The zero-order valence-corrected chi connectivity index (χ0v) is 13.7. The summed E-state index contributed by atoms with van der Waals surface area (Å²) < 4.78 is 2.78. The lowest BCUT2D eigenvalue weighted by Gasteiger charge is -2.18. The predicted molar refractivity (Wildman–Crippen MR) is 90.0 cm³/mol. The van der Waals surface area contributed by atoms with Gasteiger partial charge in [-0.2, -0.15) is 4.68 Å². The van der Waals surface area contributed by atoms with E-state index in [9.17, 15) is 0 Å². The molecule has 0 aliphatic carbocycles. The van der Waals surface area contributed by atoms with Gasteiger partial charge in [-0.25, -0.2) is 0 Å². The van der Waals surface area contributed by atoms with Gasteiger partial charge in [0.25, 0.3) is 0 Å². The number of halogens is 1. The van der Waals surface area contributed by atoms with E-state index in [2.05, 4.69) is 55.8 Å². The summed E-state index contributed by atoms with van der Waals surface area (Å²) in [6, 6.07) is 18.3. The summed E-state index contributed by atoms with van der Waals surface area (Å²) in [5.41, 5.74) is 2.13. The zero-order chi connectivity index (χ0) is 15.4. The first-order valence-corrected chi connectivity index (χ1v) is 7.93. The Morgan fingerprint density at radius 2 is 1.82 bits per heavy atom. The minimum Gasteiger partial charge on any atom is -0.346 e. The molecule has 1 atom stereocenters. The zero-order valence-electron chi connectivity index (χ0n) is 12.1. The molecule has 1 aromatic heterocycles. The Morgan fingerprint density at radius 1 is 1.09 bits per heavy atom. The van der Waals surface area contributed by atoms with E-state index in [1.54, 1.807) is 4.68 Å². The van der Waals surface area contributed by atoms with Crippen LogP contribution in [-0.2, 0) is 0 Å². The Morgan fingerprint density at radius 3 is 2.50 bits per heavy atom. The highest BCUT2D eigenvalue weighted by atomic mass is 79.9. The topological polar surface area (TPSA) is 55.6 Å². The summed E-state index contributed by atoms with van der Waals surface area (Å²) in [6.07, 6.45) is 0.934. The highest BCUT2D eigenvalue weighted by molar-refractivity contribution is 9.10. The van der Waals surface area contributed by atoms with Crippen LogP contribution >= 0.6 is 15.9 Å². The van der Waals surface area contributed by atoms with Crippen molar-refractivity contribution in [3.8, 4) is 5.69 Å². The van der Waals surface area contributed by atoms with Crippen LogP contribution < -0.4 is 5.32 Å². The predicted octanol–water partition coefficient (Wildman–Crippen LogP) is 3.99. The van der Waals surface area contributed by atoms with Gasteiger partial charge in [0, 0.05) is 4.47 Å². The fourth-order valence-electron chi connectivity index (χ4n) is 2.29. The number of para-hydroxylation sites is 1. The van der Waals surface area contributed by atoms with Crippen molar-refractivity contribution in [3.05, 3.63) is 64.6 Å². The minimum atomic E-state index is 0.154. The van der Waals surface area contributed by atoms with Crippen molar-refractivity contribution in [2.45, 2.75) is 19.4 Å². The van der Waals surface area contributed by atoms with Crippen LogP contribution in [0.15, 0.2) is 59.1 Å². The third kappa shape index (κ3) is 3.17. The Hall–Kier alpha value is -2.21. The maximum atomic E-state index is 4.10. The number of rotatable bonds is 5. The molecule has 2 aromatic carbocycles. The Labute approximate surface area is 137 Å².